The lowest BCUT2D eigenvalue weighted by molar-refractivity contribution is -0.121. The Balaban J connectivity index is 1.30. The third kappa shape index (κ3) is 6.63. The van der Waals surface area contributed by atoms with Gasteiger partial charge in [0.2, 0.25) is 17.6 Å². The number of ether oxygens (including phenoxy) is 1. The van der Waals surface area contributed by atoms with Gasteiger partial charge in [0, 0.05) is 36.6 Å². The van der Waals surface area contributed by atoms with Crippen LogP contribution in [-0.4, -0.2) is 35.3 Å². The first-order valence-corrected chi connectivity index (χ1v) is 10.1. The molecule has 1 aliphatic carbocycles. The summed E-state index contributed by atoms with van der Waals surface area (Å²) in [6.45, 7) is 1.34. The maximum atomic E-state index is 11.9. The van der Waals surface area contributed by atoms with E-state index < -0.39 is 0 Å². The van der Waals surface area contributed by atoms with Crippen molar-refractivity contribution in [2.24, 2.45) is 0 Å². The number of carbonyl (C=O) groups excluding carboxylic acids is 1. The largest absolute Gasteiger partial charge is 0.378 e. The van der Waals surface area contributed by atoms with Gasteiger partial charge in [-0.05, 0) is 43.5 Å². The molecule has 1 aromatic carbocycles. The average molecular weight is 392 g/mol. The van der Waals surface area contributed by atoms with E-state index in [1.54, 1.807) is 12.1 Å². The Hall–Kier alpha value is -1.92. The highest BCUT2D eigenvalue weighted by atomic mass is 35.5. The van der Waals surface area contributed by atoms with Crippen molar-refractivity contribution in [2.75, 3.05) is 13.2 Å². The lowest BCUT2D eigenvalue weighted by Crippen LogP contribution is -2.26. The normalized spacial score (nSPS) is 15.0. The Morgan fingerprint density at radius 3 is 2.78 bits per heavy atom. The SMILES string of the molecule is O=C(CCc1nc(-c2ccc(Cl)cc2)no1)NCCCOC1CCCCC1. The number of amides is 1. The van der Waals surface area contributed by atoms with E-state index in [0.717, 1.165) is 12.0 Å². The zero-order chi connectivity index (χ0) is 18.9. The van der Waals surface area contributed by atoms with Gasteiger partial charge >= 0.3 is 0 Å². The summed E-state index contributed by atoms with van der Waals surface area (Å²) in [6, 6.07) is 7.22. The quantitative estimate of drug-likeness (QED) is 0.649. The van der Waals surface area contributed by atoms with E-state index in [9.17, 15) is 4.79 Å². The van der Waals surface area contributed by atoms with E-state index >= 15 is 0 Å². The monoisotopic (exact) mass is 391 g/mol. The number of halogens is 1. The first-order valence-electron chi connectivity index (χ1n) is 9.67. The van der Waals surface area contributed by atoms with Crippen molar-refractivity contribution >= 4 is 17.5 Å². The number of hydrogen-bond acceptors (Lipinski definition) is 5. The molecule has 1 aromatic heterocycles. The van der Waals surface area contributed by atoms with Crippen LogP contribution in [0.4, 0.5) is 0 Å². The van der Waals surface area contributed by atoms with Crippen LogP contribution in [-0.2, 0) is 16.0 Å². The van der Waals surface area contributed by atoms with Gasteiger partial charge in [0.15, 0.2) is 0 Å². The molecule has 0 unspecified atom stereocenters. The molecule has 0 spiro atoms. The van der Waals surface area contributed by atoms with Gasteiger partial charge in [-0.25, -0.2) is 0 Å². The van der Waals surface area contributed by atoms with Crippen LogP contribution in [0.25, 0.3) is 11.4 Å². The smallest absolute Gasteiger partial charge is 0.227 e. The van der Waals surface area contributed by atoms with Crippen LogP contribution in [0, 0.1) is 0 Å². The fourth-order valence-electron chi connectivity index (χ4n) is 3.16. The van der Waals surface area contributed by atoms with Gasteiger partial charge in [0.25, 0.3) is 0 Å². The van der Waals surface area contributed by atoms with E-state index in [4.69, 9.17) is 20.9 Å². The summed E-state index contributed by atoms with van der Waals surface area (Å²) < 4.78 is 11.1. The second-order valence-electron chi connectivity index (χ2n) is 6.85. The van der Waals surface area contributed by atoms with E-state index in [0.29, 0.717) is 48.8 Å². The molecule has 1 saturated carbocycles. The molecule has 0 saturated heterocycles. The fraction of sp³-hybridized carbons (Fsp3) is 0.550. The van der Waals surface area contributed by atoms with E-state index in [-0.39, 0.29) is 5.91 Å². The molecule has 27 heavy (non-hydrogen) atoms. The maximum Gasteiger partial charge on any atom is 0.227 e. The van der Waals surface area contributed by atoms with Crippen LogP contribution in [0.5, 0.6) is 0 Å². The molecule has 0 bridgehead atoms. The fourth-order valence-corrected chi connectivity index (χ4v) is 3.29. The van der Waals surface area contributed by atoms with Crippen LogP contribution in [0.3, 0.4) is 0 Å². The highest BCUT2D eigenvalue weighted by Gasteiger charge is 2.13. The zero-order valence-electron chi connectivity index (χ0n) is 15.5. The Labute approximate surface area is 164 Å². The first-order chi connectivity index (χ1) is 13.2. The van der Waals surface area contributed by atoms with E-state index in [1.165, 1.54) is 32.1 Å². The van der Waals surface area contributed by atoms with Crippen molar-refractivity contribution in [2.45, 2.75) is 57.5 Å². The van der Waals surface area contributed by atoms with Gasteiger partial charge in [-0.1, -0.05) is 36.0 Å². The van der Waals surface area contributed by atoms with E-state index in [2.05, 4.69) is 15.5 Å². The molecule has 1 amide bonds. The van der Waals surface area contributed by atoms with Crippen LogP contribution in [0.2, 0.25) is 5.02 Å². The van der Waals surface area contributed by atoms with Gasteiger partial charge in [0.1, 0.15) is 0 Å². The summed E-state index contributed by atoms with van der Waals surface area (Å²) in [6.07, 6.45) is 8.23. The molecule has 6 nitrogen and oxygen atoms in total. The first kappa shape index (κ1) is 19.8. The van der Waals surface area contributed by atoms with Gasteiger partial charge in [-0.3, -0.25) is 4.79 Å². The standard InChI is InChI=1S/C20H26ClN3O3/c21-16-9-7-15(8-10-16)20-23-19(27-24-20)12-11-18(25)22-13-4-14-26-17-5-2-1-3-6-17/h7-10,17H,1-6,11-14H2,(H,22,25). The minimum atomic E-state index is -0.0149. The molecule has 7 heteroatoms. The number of rotatable bonds is 9. The van der Waals surface area contributed by atoms with Gasteiger partial charge in [-0.2, -0.15) is 4.98 Å². The molecule has 1 fully saturated rings. The second-order valence-corrected chi connectivity index (χ2v) is 7.29. The average Bonchev–Trinajstić information content (AvgIpc) is 3.16. The Morgan fingerprint density at radius 1 is 1.22 bits per heavy atom. The number of benzene rings is 1. The highest BCUT2D eigenvalue weighted by Crippen LogP contribution is 2.20. The molecular weight excluding hydrogens is 366 g/mol. The number of carbonyl (C=O) groups is 1. The van der Waals surface area contributed by atoms with Crippen LogP contribution >= 0.6 is 11.6 Å². The Kier molecular flexibility index (Phi) is 7.66. The molecule has 1 aliphatic rings. The zero-order valence-corrected chi connectivity index (χ0v) is 16.2. The summed E-state index contributed by atoms with van der Waals surface area (Å²) in [5.41, 5.74) is 0.830. The van der Waals surface area contributed by atoms with Crippen LogP contribution in [0.15, 0.2) is 28.8 Å². The molecular formula is C20H26ClN3O3. The van der Waals surface area contributed by atoms with Crippen LogP contribution < -0.4 is 5.32 Å². The summed E-state index contributed by atoms with van der Waals surface area (Å²) >= 11 is 5.87. The lowest BCUT2D eigenvalue weighted by atomic mass is 9.98. The number of nitrogens with one attached hydrogen (secondary N) is 1. The second kappa shape index (κ2) is 10.4. The summed E-state index contributed by atoms with van der Waals surface area (Å²) in [4.78, 5) is 16.3. The summed E-state index contributed by atoms with van der Waals surface area (Å²) in [5.74, 6) is 0.941. The van der Waals surface area contributed by atoms with Crippen molar-refractivity contribution in [3.05, 3.63) is 35.2 Å². The molecule has 146 valence electrons. The van der Waals surface area contributed by atoms with Crippen molar-refractivity contribution in [1.82, 2.24) is 15.5 Å². The van der Waals surface area contributed by atoms with Gasteiger partial charge in [0.05, 0.1) is 6.10 Å². The minimum absolute atomic E-state index is 0.0149. The van der Waals surface area contributed by atoms with E-state index in [1.807, 2.05) is 12.1 Å². The predicted octanol–water partition coefficient (Wildman–Crippen LogP) is 4.18. The lowest BCUT2D eigenvalue weighted by Gasteiger charge is -2.21. The molecule has 0 aliphatic heterocycles. The Morgan fingerprint density at radius 2 is 2.00 bits per heavy atom. The van der Waals surface area contributed by atoms with Crippen molar-refractivity contribution in [3.63, 3.8) is 0 Å². The minimum Gasteiger partial charge on any atom is -0.378 e. The number of aromatic nitrogens is 2. The topological polar surface area (TPSA) is 77.2 Å². The molecule has 1 heterocycles. The predicted molar refractivity (Wildman–Crippen MR) is 104 cm³/mol. The van der Waals surface area contributed by atoms with Crippen molar-refractivity contribution in [3.8, 4) is 11.4 Å². The molecule has 3 rings (SSSR count). The van der Waals surface area contributed by atoms with Crippen LogP contribution in [0.1, 0.15) is 50.8 Å². The van der Waals surface area contributed by atoms with Gasteiger partial charge < -0.3 is 14.6 Å². The number of hydrogen-bond donors (Lipinski definition) is 1. The third-order valence-corrected chi connectivity index (χ3v) is 4.94. The maximum absolute atomic E-state index is 11.9. The number of aryl methyl sites for hydroxylation is 1. The third-order valence-electron chi connectivity index (χ3n) is 4.69. The van der Waals surface area contributed by atoms with Crippen molar-refractivity contribution in [1.29, 1.82) is 0 Å². The molecule has 2 aromatic rings. The Bertz CT molecular complexity index is 712. The summed E-state index contributed by atoms with van der Waals surface area (Å²) in [5, 5.41) is 7.52. The molecule has 0 atom stereocenters. The molecule has 0 radical (unpaired) electrons. The van der Waals surface area contributed by atoms with Crippen molar-refractivity contribution < 1.29 is 14.1 Å². The molecule has 1 N–H and O–H groups in total. The number of nitrogens with zero attached hydrogens (tertiary/aromatic N) is 2. The van der Waals surface area contributed by atoms with Gasteiger partial charge in [-0.15, -0.1) is 0 Å². The summed E-state index contributed by atoms with van der Waals surface area (Å²) in [7, 11) is 0. The highest BCUT2D eigenvalue weighted by molar-refractivity contribution is 6.30.